The highest BCUT2D eigenvalue weighted by molar-refractivity contribution is 5.68. The number of nitrogens with one attached hydrogen (secondary N) is 1. The van der Waals surface area contributed by atoms with Gasteiger partial charge in [-0.1, -0.05) is 0 Å². The molecule has 6 nitrogen and oxygen atoms in total. The highest BCUT2D eigenvalue weighted by Gasteiger charge is 2.46. The molecule has 0 aliphatic carbocycles. The summed E-state index contributed by atoms with van der Waals surface area (Å²) in [5, 5.41) is 10.4. The van der Waals surface area contributed by atoms with Gasteiger partial charge in [-0.2, -0.15) is 5.10 Å². The number of likely N-dealkylation sites (tertiary alicyclic amines) is 1. The zero-order chi connectivity index (χ0) is 17.1. The number of aromatic nitrogens is 2. The van der Waals surface area contributed by atoms with Crippen LogP contribution in [-0.2, 0) is 4.74 Å². The summed E-state index contributed by atoms with van der Waals surface area (Å²) in [7, 11) is 0. The second-order valence-corrected chi connectivity index (χ2v) is 6.64. The van der Waals surface area contributed by atoms with Gasteiger partial charge in [-0.05, 0) is 39.3 Å². The van der Waals surface area contributed by atoms with Crippen molar-refractivity contribution in [3.05, 3.63) is 18.3 Å². The van der Waals surface area contributed by atoms with E-state index in [0.717, 1.165) is 4.90 Å². The first-order valence-electron chi connectivity index (χ1n) is 7.55. The normalized spacial score (nSPS) is 20.9. The molecule has 1 aliphatic heterocycles. The molecule has 1 aromatic rings. The number of amides is 1. The third-order valence-corrected chi connectivity index (χ3v) is 3.50. The van der Waals surface area contributed by atoms with Gasteiger partial charge >= 0.3 is 6.09 Å². The van der Waals surface area contributed by atoms with Crippen molar-refractivity contribution >= 4 is 11.9 Å². The van der Waals surface area contributed by atoms with E-state index in [1.807, 2.05) is 0 Å². The molecule has 1 fully saturated rings. The minimum absolute atomic E-state index is 0.0772. The Bertz CT molecular complexity index is 534. The topological polar surface area (TPSA) is 67.3 Å². The molecule has 8 heteroatoms. The van der Waals surface area contributed by atoms with E-state index in [-0.39, 0.29) is 19.5 Å². The first-order chi connectivity index (χ1) is 10.7. The van der Waals surface area contributed by atoms with Crippen molar-refractivity contribution < 1.29 is 18.3 Å². The summed E-state index contributed by atoms with van der Waals surface area (Å²) < 4.78 is 33.7. The highest BCUT2D eigenvalue weighted by Crippen LogP contribution is 2.33. The molecule has 1 saturated heterocycles. The van der Waals surface area contributed by atoms with E-state index in [0.29, 0.717) is 5.82 Å². The number of hydrogen-bond acceptors (Lipinski definition) is 5. The van der Waals surface area contributed by atoms with E-state index in [1.165, 1.54) is 6.20 Å². The number of piperidine rings is 1. The number of rotatable bonds is 3. The molecule has 128 valence electrons. The van der Waals surface area contributed by atoms with Crippen LogP contribution in [0.5, 0.6) is 0 Å². The maximum Gasteiger partial charge on any atom is 0.410 e. The molecule has 0 unspecified atom stereocenters. The van der Waals surface area contributed by atoms with Gasteiger partial charge in [0.05, 0.1) is 6.54 Å². The molecule has 1 N–H and O–H groups in total. The van der Waals surface area contributed by atoms with Crippen LogP contribution < -0.4 is 5.32 Å². The smallest absolute Gasteiger partial charge is 0.410 e. The Balaban J connectivity index is 1.91. The number of carbonyl (C=O) groups is 1. The van der Waals surface area contributed by atoms with Crippen LogP contribution in [0, 0.1) is 5.92 Å². The molecule has 1 aliphatic rings. The first kappa shape index (κ1) is 17.4. The minimum Gasteiger partial charge on any atom is -0.444 e. The third kappa shape index (κ3) is 5.01. The van der Waals surface area contributed by atoms with Crippen LogP contribution in [0.25, 0.3) is 0 Å². The number of anilines is 1. The summed E-state index contributed by atoms with van der Waals surface area (Å²) >= 11 is 0. The van der Waals surface area contributed by atoms with Crippen molar-refractivity contribution in [3.8, 4) is 0 Å². The Labute approximate surface area is 134 Å². The van der Waals surface area contributed by atoms with E-state index in [4.69, 9.17) is 4.74 Å². The fourth-order valence-electron chi connectivity index (χ4n) is 2.34. The molecule has 2 heterocycles. The van der Waals surface area contributed by atoms with Gasteiger partial charge in [0.2, 0.25) is 0 Å². The van der Waals surface area contributed by atoms with Crippen molar-refractivity contribution in [2.24, 2.45) is 5.92 Å². The second kappa shape index (κ2) is 6.64. The van der Waals surface area contributed by atoms with Gasteiger partial charge in [0.1, 0.15) is 11.4 Å². The maximum atomic E-state index is 14.3. The molecule has 1 amide bonds. The molecular weight excluding hydrogens is 306 g/mol. The number of ether oxygens (including phenoxy) is 1. The molecule has 1 atom stereocenters. The zero-order valence-corrected chi connectivity index (χ0v) is 13.6. The lowest BCUT2D eigenvalue weighted by atomic mass is 9.93. The SMILES string of the molecule is CC(C)(C)OC(=O)N1CC[C@H](CNc2cccnn2)C(F)(F)C1. The van der Waals surface area contributed by atoms with Crippen molar-refractivity contribution in [3.63, 3.8) is 0 Å². The van der Waals surface area contributed by atoms with Crippen LogP contribution in [0.4, 0.5) is 19.4 Å². The number of halogens is 2. The van der Waals surface area contributed by atoms with Crippen LogP contribution in [0.3, 0.4) is 0 Å². The molecule has 1 aromatic heterocycles. The van der Waals surface area contributed by atoms with Crippen LogP contribution in [-0.4, -0.2) is 52.3 Å². The summed E-state index contributed by atoms with van der Waals surface area (Å²) in [4.78, 5) is 13.0. The Kier molecular flexibility index (Phi) is 5.01. The Morgan fingerprint density at radius 1 is 1.52 bits per heavy atom. The lowest BCUT2D eigenvalue weighted by Crippen LogP contribution is -2.53. The zero-order valence-electron chi connectivity index (χ0n) is 13.6. The predicted octanol–water partition coefficient (Wildman–Crippen LogP) is 2.78. The molecule has 0 bridgehead atoms. The number of hydrogen-bond donors (Lipinski definition) is 1. The van der Waals surface area contributed by atoms with E-state index in [1.54, 1.807) is 32.9 Å². The highest BCUT2D eigenvalue weighted by atomic mass is 19.3. The van der Waals surface area contributed by atoms with Gasteiger partial charge in [-0.3, -0.25) is 0 Å². The fraction of sp³-hybridized carbons (Fsp3) is 0.667. The molecule has 0 aromatic carbocycles. The Morgan fingerprint density at radius 2 is 2.26 bits per heavy atom. The van der Waals surface area contributed by atoms with Gasteiger partial charge in [0, 0.05) is 25.2 Å². The summed E-state index contributed by atoms with van der Waals surface area (Å²) in [6, 6.07) is 3.35. The van der Waals surface area contributed by atoms with E-state index in [2.05, 4.69) is 15.5 Å². The predicted molar refractivity (Wildman–Crippen MR) is 81.4 cm³/mol. The number of nitrogens with zero attached hydrogens (tertiary/aromatic N) is 3. The second-order valence-electron chi connectivity index (χ2n) is 6.64. The minimum atomic E-state index is -2.98. The van der Waals surface area contributed by atoms with Crippen LogP contribution in [0.2, 0.25) is 0 Å². The third-order valence-electron chi connectivity index (χ3n) is 3.50. The number of carbonyl (C=O) groups excluding carboxylic acids is 1. The Hall–Kier alpha value is -1.99. The summed E-state index contributed by atoms with van der Waals surface area (Å²) in [5.41, 5.74) is -0.698. The summed E-state index contributed by atoms with van der Waals surface area (Å²) in [5.74, 6) is -3.40. The lowest BCUT2D eigenvalue weighted by Gasteiger charge is -2.38. The summed E-state index contributed by atoms with van der Waals surface area (Å²) in [6.45, 7) is 4.82. The van der Waals surface area contributed by atoms with E-state index in [9.17, 15) is 13.6 Å². The van der Waals surface area contributed by atoms with Crippen molar-refractivity contribution in [1.29, 1.82) is 0 Å². The average molecular weight is 328 g/mol. The molecule has 2 rings (SSSR count). The molecular formula is C15H22F2N4O2. The van der Waals surface area contributed by atoms with Gasteiger partial charge in [-0.25, -0.2) is 13.6 Å². The Morgan fingerprint density at radius 3 is 2.83 bits per heavy atom. The fourth-order valence-corrected chi connectivity index (χ4v) is 2.34. The van der Waals surface area contributed by atoms with Gasteiger partial charge in [0.25, 0.3) is 5.92 Å². The first-order valence-corrected chi connectivity index (χ1v) is 7.55. The molecule has 23 heavy (non-hydrogen) atoms. The quantitative estimate of drug-likeness (QED) is 0.924. The van der Waals surface area contributed by atoms with Crippen LogP contribution in [0.1, 0.15) is 27.2 Å². The van der Waals surface area contributed by atoms with Gasteiger partial charge in [0.15, 0.2) is 0 Å². The molecule has 0 spiro atoms. The van der Waals surface area contributed by atoms with Gasteiger partial charge < -0.3 is 15.0 Å². The van der Waals surface area contributed by atoms with Crippen molar-refractivity contribution in [2.45, 2.75) is 38.7 Å². The molecule has 0 radical (unpaired) electrons. The molecule has 0 saturated carbocycles. The van der Waals surface area contributed by atoms with Gasteiger partial charge in [-0.15, -0.1) is 5.10 Å². The van der Waals surface area contributed by atoms with E-state index < -0.39 is 30.1 Å². The maximum absolute atomic E-state index is 14.3. The van der Waals surface area contributed by atoms with Crippen LogP contribution in [0.15, 0.2) is 18.3 Å². The van der Waals surface area contributed by atoms with Crippen LogP contribution >= 0.6 is 0 Å². The monoisotopic (exact) mass is 328 g/mol. The average Bonchev–Trinajstić information content (AvgIpc) is 2.44. The summed E-state index contributed by atoms with van der Waals surface area (Å²) in [6.07, 6.45) is 1.01. The number of alkyl halides is 2. The lowest BCUT2D eigenvalue weighted by molar-refractivity contribution is -0.106. The van der Waals surface area contributed by atoms with E-state index >= 15 is 0 Å². The largest absolute Gasteiger partial charge is 0.444 e. The standard InChI is InChI=1S/C15H22F2N4O2/c1-14(2,3)23-13(22)21-8-6-11(15(16,17)10-21)9-18-12-5-4-7-19-20-12/h4-5,7,11H,6,8-10H2,1-3H3,(H,18,20)/t11-/m1/s1. The van der Waals surface area contributed by atoms with Crippen molar-refractivity contribution in [1.82, 2.24) is 15.1 Å². The van der Waals surface area contributed by atoms with Crippen molar-refractivity contribution in [2.75, 3.05) is 25.0 Å².